The quantitative estimate of drug-likeness (QED) is 0.830. The van der Waals surface area contributed by atoms with Crippen molar-refractivity contribution in [2.45, 2.75) is 6.04 Å². The third-order valence-corrected chi connectivity index (χ3v) is 3.42. The summed E-state index contributed by atoms with van der Waals surface area (Å²) in [5.74, 6) is 0.857. The van der Waals surface area contributed by atoms with Gasteiger partial charge in [0.25, 0.3) is 5.89 Å². The van der Waals surface area contributed by atoms with Crippen LogP contribution in [0, 0.1) is 0 Å². The maximum atomic E-state index is 6.09. The zero-order valence-electron chi connectivity index (χ0n) is 10.2. The van der Waals surface area contributed by atoms with Crippen LogP contribution < -0.4 is 5.73 Å². The zero-order chi connectivity index (χ0) is 13.1. The van der Waals surface area contributed by atoms with Crippen molar-refractivity contribution >= 4 is 11.5 Å². The van der Waals surface area contributed by atoms with Crippen molar-refractivity contribution in [2.75, 3.05) is 32.8 Å². The molecule has 0 radical (unpaired) electrons. The summed E-state index contributed by atoms with van der Waals surface area (Å²) in [5, 5.41) is 9.54. The first kappa shape index (κ1) is 12.6. The standard InChI is InChI=1S/C10H14N6O2S/c11-7(5-16-1-3-17-4-2-16)9-12-10(18-14-9)8-6-19-15-13-8/h6-7H,1-5,11H2. The predicted molar refractivity (Wildman–Crippen MR) is 67.4 cm³/mol. The molecule has 2 aromatic rings. The molecule has 0 saturated carbocycles. The average Bonchev–Trinajstić information content (AvgIpc) is 3.11. The highest BCUT2D eigenvalue weighted by Crippen LogP contribution is 2.17. The number of hydrogen-bond donors (Lipinski definition) is 1. The third kappa shape index (κ3) is 2.95. The van der Waals surface area contributed by atoms with Crippen molar-refractivity contribution in [3.8, 4) is 11.6 Å². The van der Waals surface area contributed by atoms with E-state index in [4.69, 9.17) is 15.0 Å². The van der Waals surface area contributed by atoms with Gasteiger partial charge in [-0.15, -0.1) is 5.10 Å². The Hall–Kier alpha value is -1.42. The van der Waals surface area contributed by atoms with Crippen LogP contribution in [0.15, 0.2) is 9.90 Å². The molecule has 3 rings (SSSR count). The number of rotatable bonds is 4. The summed E-state index contributed by atoms with van der Waals surface area (Å²) in [5.41, 5.74) is 6.68. The Bertz CT molecular complexity index is 510. The van der Waals surface area contributed by atoms with Gasteiger partial charge in [0.05, 0.1) is 19.3 Å². The lowest BCUT2D eigenvalue weighted by Gasteiger charge is -2.27. The number of morpholine rings is 1. The van der Waals surface area contributed by atoms with Gasteiger partial charge >= 0.3 is 0 Å². The van der Waals surface area contributed by atoms with Gasteiger partial charge in [0.1, 0.15) is 0 Å². The highest BCUT2D eigenvalue weighted by molar-refractivity contribution is 7.03. The van der Waals surface area contributed by atoms with Crippen LogP contribution >= 0.6 is 11.5 Å². The normalized spacial score (nSPS) is 18.6. The summed E-state index contributed by atoms with van der Waals surface area (Å²) >= 11 is 1.24. The first-order valence-electron chi connectivity index (χ1n) is 5.99. The molecule has 1 fully saturated rings. The fourth-order valence-corrected chi connectivity index (χ4v) is 2.32. The molecule has 2 aromatic heterocycles. The highest BCUT2D eigenvalue weighted by Gasteiger charge is 2.20. The van der Waals surface area contributed by atoms with E-state index in [2.05, 4.69) is 24.6 Å². The molecule has 0 bridgehead atoms. The van der Waals surface area contributed by atoms with Gasteiger partial charge in [0.2, 0.25) is 0 Å². The van der Waals surface area contributed by atoms with Gasteiger partial charge in [-0.2, -0.15) is 4.98 Å². The van der Waals surface area contributed by atoms with E-state index in [1.165, 1.54) is 11.5 Å². The van der Waals surface area contributed by atoms with E-state index in [-0.39, 0.29) is 6.04 Å². The lowest BCUT2D eigenvalue weighted by Crippen LogP contribution is -2.40. The topological polar surface area (TPSA) is 103 Å². The van der Waals surface area contributed by atoms with Crippen LogP contribution in [0.2, 0.25) is 0 Å². The molecule has 19 heavy (non-hydrogen) atoms. The molecule has 0 aliphatic carbocycles. The first-order chi connectivity index (χ1) is 9.33. The fraction of sp³-hybridized carbons (Fsp3) is 0.600. The van der Waals surface area contributed by atoms with Gasteiger partial charge < -0.3 is 15.0 Å². The molecule has 0 spiro atoms. The van der Waals surface area contributed by atoms with Crippen molar-refractivity contribution in [1.82, 2.24) is 24.6 Å². The number of nitrogens with two attached hydrogens (primary N) is 1. The minimum Gasteiger partial charge on any atom is -0.379 e. The monoisotopic (exact) mass is 282 g/mol. The minimum atomic E-state index is -0.276. The van der Waals surface area contributed by atoms with E-state index in [1.54, 1.807) is 5.38 Å². The molecule has 0 aromatic carbocycles. The smallest absolute Gasteiger partial charge is 0.279 e. The summed E-state index contributed by atoms with van der Waals surface area (Å²) in [6, 6.07) is -0.276. The zero-order valence-corrected chi connectivity index (χ0v) is 11.0. The van der Waals surface area contributed by atoms with Gasteiger partial charge in [-0.3, -0.25) is 4.90 Å². The summed E-state index contributed by atoms with van der Waals surface area (Å²) < 4.78 is 14.2. The Balaban J connectivity index is 1.65. The Kier molecular flexibility index (Phi) is 3.78. The van der Waals surface area contributed by atoms with E-state index < -0.39 is 0 Å². The summed E-state index contributed by atoms with van der Waals surface area (Å²) in [6.45, 7) is 3.95. The lowest BCUT2D eigenvalue weighted by molar-refractivity contribution is 0.0348. The number of nitrogens with zero attached hydrogens (tertiary/aromatic N) is 5. The number of aromatic nitrogens is 4. The summed E-state index contributed by atoms with van der Waals surface area (Å²) in [7, 11) is 0. The molecule has 1 saturated heterocycles. The maximum absolute atomic E-state index is 6.09. The second kappa shape index (κ2) is 5.70. The van der Waals surface area contributed by atoms with Gasteiger partial charge in [-0.1, -0.05) is 9.64 Å². The summed E-state index contributed by atoms with van der Waals surface area (Å²) in [4.78, 5) is 6.49. The van der Waals surface area contributed by atoms with Crippen LogP contribution in [0.1, 0.15) is 11.9 Å². The van der Waals surface area contributed by atoms with Crippen LogP contribution in [0.5, 0.6) is 0 Å². The van der Waals surface area contributed by atoms with E-state index >= 15 is 0 Å². The molecular formula is C10H14N6O2S. The van der Waals surface area contributed by atoms with Gasteiger partial charge in [-0.05, 0) is 11.5 Å². The SMILES string of the molecule is NC(CN1CCOCC1)c1noc(-c2csnn2)n1. The second-order valence-electron chi connectivity index (χ2n) is 4.27. The molecule has 102 valence electrons. The Morgan fingerprint density at radius 3 is 3.00 bits per heavy atom. The van der Waals surface area contributed by atoms with Crippen LogP contribution in [-0.4, -0.2) is 57.5 Å². The lowest BCUT2D eigenvalue weighted by atomic mass is 10.2. The fourth-order valence-electron chi connectivity index (χ4n) is 1.89. The molecule has 1 aliphatic heterocycles. The van der Waals surface area contributed by atoms with Crippen LogP contribution in [-0.2, 0) is 4.74 Å². The van der Waals surface area contributed by atoms with Crippen molar-refractivity contribution < 1.29 is 9.26 Å². The Morgan fingerprint density at radius 1 is 1.42 bits per heavy atom. The third-order valence-electron chi connectivity index (χ3n) is 2.91. The van der Waals surface area contributed by atoms with E-state index in [0.29, 0.717) is 24.0 Å². The first-order valence-corrected chi connectivity index (χ1v) is 6.83. The number of ether oxygens (including phenoxy) is 1. The molecule has 1 unspecified atom stereocenters. The molecule has 3 heterocycles. The molecule has 1 aliphatic rings. The van der Waals surface area contributed by atoms with Gasteiger partial charge in [-0.25, -0.2) is 0 Å². The van der Waals surface area contributed by atoms with Crippen molar-refractivity contribution in [2.24, 2.45) is 5.73 Å². The Morgan fingerprint density at radius 2 is 2.26 bits per heavy atom. The molecular weight excluding hydrogens is 268 g/mol. The van der Waals surface area contributed by atoms with Crippen LogP contribution in [0.3, 0.4) is 0 Å². The van der Waals surface area contributed by atoms with E-state index in [9.17, 15) is 0 Å². The highest BCUT2D eigenvalue weighted by atomic mass is 32.1. The summed E-state index contributed by atoms with van der Waals surface area (Å²) in [6.07, 6.45) is 0. The molecule has 1 atom stereocenters. The molecule has 9 heteroatoms. The number of hydrogen-bond acceptors (Lipinski definition) is 9. The van der Waals surface area contributed by atoms with E-state index in [0.717, 1.165) is 26.3 Å². The minimum absolute atomic E-state index is 0.276. The molecule has 8 nitrogen and oxygen atoms in total. The van der Waals surface area contributed by atoms with Crippen LogP contribution in [0.25, 0.3) is 11.6 Å². The van der Waals surface area contributed by atoms with Gasteiger partial charge in [0, 0.05) is 25.0 Å². The van der Waals surface area contributed by atoms with Crippen molar-refractivity contribution in [3.05, 3.63) is 11.2 Å². The largest absolute Gasteiger partial charge is 0.379 e. The van der Waals surface area contributed by atoms with Crippen molar-refractivity contribution in [1.29, 1.82) is 0 Å². The average molecular weight is 282 g/mol. The van der Waals surface area contributed by atoms with Gasteiger partial charge in [0.15, 0.2) is 11.5 Å². The van der Waals surface area contributed by atoms with E-state index in [1.807, 2.05) is 0 Å². The Labute approximate surface area is 113 Å². The second-order valence-corrected chi connectivity index (χ2v) is 4.88. The molecule has 0 amide bonds. The van der Waals surface area contributed by atoms with Crippen LogP contribution in [0.4, 0.5) is 0 Å². The maximum Gasteiger partial charge on any atom is 0.279 e. The predicted octanol–water partition coefficient (Wildman–Crippen LogP) is -0.0799. The van der Waals surface area contributed by atoms with Crippen molar-refractivity contribution in [3.63, 3.8) is 0 Å². The molecule has 2 N–H and O–H groups in total.